The molecule has 2 aromatic rings. The van der Waals surface area contributed by atoms with E-state index >= 15 is 0 Å². The molecule has 2 aromatic carbocycles. The SMILES string of the molecule is Cl.NC(CNC(=O)Cc1cccc(OCc2ccc(Cl)cc2)c1)C1CC1. The highest BCUT2D eigenvalue weighted by Crippen LogP contribution is 2.31. The highest BCUT2D eigenvalue weighted by molar-refractivity contribution is 6.30. The summed E-state index contributed by atoms with van der Waals surface area (Å²) in [7, 11) is 0. The second-order valence-corrected chi connectivity index (χ2v) is 6.98. The van der Waals surface area contributed by atoms with E-state index in [1.165, 1.54) is 12.8 Å². The zero-order valence-corrected chi connectivity index (χ0v) is 16.1. The van der Waals surface area contributed by atoms with Gasteiger partial charge >= 0.3 is 0 Å². The first-order chi connectivity index (χ1) is 12.1. The van der Waals surface area contributed by atoms with Crippen molar-refractivity contribution in [3.05, 3.63) is 64.7 Å². The van der Waals surface area contributed by atoms with Crippen LogP contribution in [0.5, 0.6) is 5.75 Å². The first-order valence-electron chi connectivity index (χ1n) is 8.58. The lowest BCUT2D eigenvalue weighted by atomic mass is 10.1. The number of hydrogen-bond acceptors (Lipinski definition) is 3. The van der Waals surface area contributed by atoms with E-state index in [2.05, 4.69) is 5.32 Å². The average molecular weight is 395 g/mol. The lowest BCUT2D eigenvalue weighted by Gasteiger charge is -2.12. The van der Waals surface area contributed by atoms with E-state index in [-0.39, 0.29) is 24.4 Å². The van der Waals surface area contributed by atoms with Crippen LogP contribution in [0.4, 0.5) is 0 Å². The summed E-state index contributed by atoms with van der Waals surface area (Å²) in [6.45, 7) is 1.01. The standard InChI is InChI=1S/C20H23ClN2O2.ClH/c21-17-8-4-14(5-9-17)13-25-18-3-1-2-15(10-18)11-20(24)23-12-19(22)16-6-7-16;/h1-5,8-10,16,19H,6-7,11-13,22H2,(H,23,24);1H. The maximum Gasteiger partial charge on any atom is 0.224 e. The lowest BCUT2D eigenvalue weighted by Crippen LogP contribution is -2.39. The molecule has 4 nitrogen and oxygen atoms in total. The first kappa shape index (κ1) is 20.6. The molecule has 1 atom stereocenters. The normalized spacial score (nSPS) is 14.2. The maximum absolute atomic E-state index is 12.1. The number of halogens is 2. The summed E-state index contributed by atoms with van der Waals surface area (Å²) in [5.74, 6) is 1.32. The van der Waals surface area contributed by atoms with E-state index < -0.39 is 0 Å². The van der Waals surface area contributed by atoms with Gasteiger partial charge in [-0.25, -0.2) is 0 Å². The number of nitrogens with two attached hydrogens (primary N) is 1. The largest absolute Gasteiger partial charge is 0.489 e. The van der Waals surface area contributed by atoms with Gasteiger partial charge in [0.25, 0.3) is 0 Å². The van der Waals surface area contributed by atoms with Gasteiger partial charge < -0.3 is 15.8 Å². The number of nitrogens with one attached hydrogen (secondary N) is 1. The van der Waals surface area contributed by atoms with E-state index in [0.717, 1.165) is 16.9 Å². The van der Waals surface area contributed by atoms with Gasteiger partial charge in [-0.15, -0.1) is 12.4 Å². The van der Waals surface area contributed by atoms with E-state index in [1.807, 2.05) is 48.5 Å². The molecule has 0 bridgehead atoms. The second kappa shape index (κ2) is 9.81. The van der Waals surface area contributed by atoms with Crippen LogP contribution in [0.2, 0.25) is 5.02 Å². The van der Waals surface area contributed by atoms with Crippen molar-refractivity contribution >= 4 is 29.9 Å². The third kappa shape index (κ3) is 6.52. The number of benzene rings is 2. The van der Waals surface area contributed by atoms with Crippen LogP contribution in [-0.2, 0) is 17.8 Å². The van der Waals surface area contributed by atoms with Crippen LogP contribution in [0.1, 0.15) is 24.0 Å². The number of rotatable bonds is 8. The van der Waals surface area contributed by atoms with E-state index in [1.54, 1.807) is 0 Å². The maximum atomic E-state index is 12.1. The molecule has 1 amide bonds. The average Bonchev–Trinajstić information content (AvgIpc) is 3.45. The number of carbonyl (C=O) groups excluding carboxylic acids is 1. The van der Waals surface area contributed by atoms with Crippen LogP contribution in [-0.4, -0.2) is 18.5 Å². The van der Waals surface area contributed by atoms with Crippen LogP contribution in [0.15, 0.2) is 48.5 Å². The monoisotopic (exact) mass is 394 g/mol. The number of ether oxygens (including phenoxy) is 1. The lowest BCUT2D eigenvalue weighted by molar-refractivity contribution is -0.120. The number of carbonyl (C=O) groups is 1. The van der Waals surface area contributed by atoms with Crippen molar-refractivity contribution in [3.63, 3.8) is 0 Å². The fourth-order valence-electron chi connectivity index (χ4n) is 2.66. The molecule has 0 aliphatic heterocycles. The van der Waals surface area contributed by atoms with Crippen molar-refractivity contribution in [1.82, 2.24) is 5.32 Å². The van der Waals surface area contributed by atoms with Crippen LogP contribution >= 0.6 is 24.0 Å². The fourth-order valence-corrected chi connectivity index (χ4v) is 2.79. The number of hydrogen-bond donors (Lipinski definition) is 2. The van der Waals surface area contributed by atoms with Gasteiger partial charge in [0, 0.05) is 17.6 Å². The molecule has 26 heavy (non-hydrogen) atoms. The summed E-state index contributed by atoms with van der Waals surface area (Å²) in [5, 5.41) is 3.62. The molecule has 1 aliphatic rings. The second-order valence-electron chi connectivity index (χ2n) is 6.54. The zero-order chi connectivity index (χ0) is 17.6. The molecule has 1 aliphatic carbocycles. The molecule has 3 N–H and O–H groups in total. The molecule has 0 heterocycles. The topological polar surface area (TPSA) is 64.3 Å². The Morgan fingerprint density at radius 2 is 1.92 bits per heavy atom. The Morgan fingerprint density at radius 1 is 1.19 bits per heavy atom. The molecule has 3 rings (SSSR count). The highest BCUT2D eigenvalue weighted by atomic mass is 35.5. The molecule has 1 saturated carbocycles. The Balaban J connectivity index is 0.00000243. The van der Waals surface area contributed by atoms with Gasteiger partial charge in [0.15, 0.2) is 0 Å². The van der Waals surface area contributed by atoms with Gasteiger partial charge in [-0.05, 0) is 54.2 Å². The first-order valence-corrected chi connectivity index (χ1v) is 8.96. The molecule has 140 valence electrons. The van der Waals surface area contributed by atoms with Crippen molar-refractivity contribution in [1.29, 1.82) is 0 Å². The molecule has 0 saturated heterocycles. The fraction of sp³-hybridized carbons (Fsp3) is 0.350. The van der Waals surface area contributed by atoms with Gasteiger partial charge in [0.05, 0.1) is 6.42 Å². The van der Waals surface area contributed by atoms with Gasteiger partial charge in [-0.1, -0.05) is 35.9 Å². The van der Waals surface area contributed by atoms with Crippen LogP contribution < -0.4 is 15.8 Å². The summed E-state index contributed by atoms with van der Waals surface area (Å²) >= 11 is 5.88. The molecule has 0 radical (unpaired) electrons. The summed E-state index contributed by atoms with van der Waals surface area (Å²) < 4.78 is 5.80. The van der Waals surface area contributed by atoms with Crippen LogP contribution in [0.3, 0.4) is 0 Å². The third-order valence-corrected chi connectivity index (χ3v) is 4.60. The van der Waals surface area contributed by atoms with E-state index in [0.29, 0.717) is 30.5 Å². The minimum absolute atomic E-state index is 0. The molecule has 1 fully saturated rings. The van der Waals surface area contributed by atoms with E-state index in [4.69, 9.17) is 22.1 Å². The van der Waals surface area contributed by atoms with Crippen molar-refractivity contribution in [2.45, 2.75) is 31.9 Å². The minimum atomic E-state index is -0.00838. The Hall–Kier alpha value is -1.75. The number of amides is 1. The summed E-state index contributed by atoms with van der Waals surface area (Å²) in [6.07, 6.45) is 2.70. The molecule has 1 unspecified atom stereocenters. The van der Waals surface area contributed by atoms with Crippen LogP contribution in [0.25, 0.3) is 0 Å². The summed E-state index contributed by atoms with van der Waals surface area (Å²) in [5.41, 5.74) is 7.97. The predicted molar refractivity (Wildman–Crippen MR) is 107 cm³/mol. The Morgan fingerprint density at radius 3 is 2.62 bits per heavy atom. The van der Waals surface area contributed by atoms with Gasteiger partial charge in [-0.3, -0.25) is 4.79 Å². The molecular weight excluding hydrogens is 371 g/mol. The molecule has 0 spiro atoms. The van der Waals surface area contributed by atoms with E-state index in [9.17, 15) is 4.79 Å². The van der Waals surface area contributed by atoms with Gasteiger partial charge in [0.1, 0.15) is 12.4 Å². The smallest absolute Gasteiger partial charge is 0.224 e. The van der Waals surface area contributed by atoms with Crippen LogP contribution in [0, 0.1) is 5.92 Å². The quantitative estimate of drug-likeness (QED) is 0.716. The summed E-state index contributed by atoms with van der Waals surface area (Å²) in [6, 6.07) is 15.2. The molecule has 6 heteroatoms. The summed E-state index contributed by atoms with van der Waals surface area (Å²) in [4.78, 5) is 12.1. The van der Waals surface area contributed by atoms with Crippen molar-refractivity contribution in [2.24, 2.45) is 11.7 Å². The van der Waals surface area contributed by atoms with Crippen molar-refractivity contribution in [3.8, 4) is 5.75 Å². The Bertz CT molecular complexity index is 718. The minimum Gasteiger partial charge on any atom is -0.489 e. The van der Waals surface area contributed by atoms with Gasteiger partial charge in [0.2, 0.25) is 5.91 Å². The van der Waals surface area contributed by atoms with Gasteiger partial charge in [-0.2, -0.15) is 0 Å². The van der Waals surface area contributed by atoms with Crippen molar-refractivity contribution < 1.29 is 9.53 Å². The molecular formula is C20H24Cl2N2O2. The highest BCUT2D eigenvalue weighted by Gasteiger charge is 2.28. The molecule has 0 aromatic heterocycles. The Kier molecular flexibility index (Phi) is 7.76. The van der Waals surface area contributed by atoms with Crippen molar-refractivity contribution in [2.75, 3.05) is 6.54 Å². The Labute approximate surface area is 165 Å². The third-order valence-electron chi connectivity index (χ3n) is 4.34. The predicted octanol–water partition coefficient (Wildman–Crippen LogP) is 3.74. The zero-order valence-electron chi connectivity index (χ0n) is 14.5.